The monoisotopic (exact) mass is 954 g/mol. The van der Waals surface area contributed by atoms with Gasteiger partial charge in [0.2, 0.25) is 0 Å². The van der Waals surface area contributed by atoms with Crippen LogP contribution in [0.2, 0.25) is 0 Å². The normalized spacial score (nSPS) is 17.6. The average Bonchev–Trinajstić information content (AvgIpc) is 2.98. The third-order valence-electron chi connectivity index (χ3n) is 6.83. The molecular weight excluding hydrogens is 949 g/mol. The van der Waals surface area contributed by atoms with Crippen LogP contribution in [0.1, 0.15) is 6.92 Å². The predicted molar refractivity (Wildman–Crippen MR) is 106 cm³/mol. The Labute approximate surface area is 290 Å². The van der Waals surface area contributed by atoms with Crippen LogP contribution >= 0.6 is 0 Å². The van der Waals surface area contributed by atoms with Gasteiger partial charge in [-0.15, -0.1) is 0 Å². The van der Waals surface area contributed by atoms with Gasteiger partial charge in [0.25, 0.3) is 0 Å². The molecule has 0 aliphatic heterocycles. The van der Waals surface area contributed by atoms with Gasteiger partial charge in [-0.25, -0.2) is 4.79 Å². The number of carbonyl (C=O) groups is 1. The molecule has 0 rings (SSSR count). The average molecular weight is 954 g/mol. The summed E-state index contributed by atoms with van der Waals surface area (Å²) in [6, 6.07) is 0. The molecule has 0 saturated heterocycles. The van der Waals surface area contributed by atoms with Crippen LogP contribution in [-0.2, 0) is 9.53 Å². The maximum atomic E-state index is 15.2. The number of carbonyl (C=O) groups excluding carboxylic acids is 1. The highest BCUT2D eigenvalue weighted by molar-refractivity contribution is 5.87. The van der Waals surface area contributed by atoms with E-state index in [1.807, 2.05) is 6.58 Å². The van der Waals surface area contributed by atoms with Crippen LogP contribution < -0.4 is 0 Å². The van der Waals surface area contributed by atoms with E-state index < -0.39 is 120 Å². The summed E-state index contributed by atoms with van der Waals surface area (Å²) >= 11 is 0. The molecule has 0 radical (unpaired) electrons. The summed E-state index contributed by atoms with van der Waals surface area (Å²) in [5.41, 5.74) is -2.44. The highest BCUT2D eigenvalue weighted by Crippen LogP contribution is 2.70. The van der Waals surface area contributed by atoms with E-state index in [9.17, 15) is 154 Å². The van der Waals surface area contributed by atoms with Crippen molar-refractivity contribution >= 4 is 5.97 Å². The summed E-state index contributed by atoms with van der Waals surface area (Å²) in [7, 11) is 0. The SMILES string of the molecule is C=C(C)C(=O)OC(F)(C(F)(F)C(F)(F)C(F)(F)C(F)(F)C(F)(F)C(F)(F)C(F)(F)F)C(F)(F)C(F)(F)C(F)(F)C(F)(F)C(F)(F)C(F)(F)C(F)(F)C(F)(F)C(F)(F)F. The van der Waals surface area contributed by atoms with Crippen molar-refractivity contribution in [1.82, 2.24) is 0 Å². The molecule has 0 aromatic carbocycles. The second-order valence-corrected chi connectivity index (χ2v) is 10.8. The first kappa shape index (κ1) is 54.8. The molecule has 0 bridgehead atoms. The minimum absolute atomic E-state index is 0.458. The zero-order valence-electron chi connectivity index (χ0n) is 25.3. The fourth-order valence-corrected chi connectivity index (χ4v) is 3.27. The Morgan fingerprint density at radius 2 is 0.431 bits per heavy atom. The van der Waals surface area contributed by atoms with Gasteiger partial charge in [-0.05, 0) is 6.92 Å². The second kappa shape index (κ2) is 13.4. The molecule has 0 saturated carbocycles. The van der Waals surface area contributed by atoms with Crippen LogP contribution in [0.4, 0.5) is 154 Å². The second-order valence-electron chi connectivity index (χ2n) is 10.8. The van der Waals surface area contributed by atoms with Crippen molar-refractivity contribution < 1.29 is 163 Å². The molecule has 1 atom stereocenters. The Hall–Kier alpha value is -3.24. The maximum absolute atomic E-state index is 15.2. The van der Waals surface area contributed by atoms with Crippen molar-refractivity contribution in [3.8, 4) is 0 Å². The quantitative estimate of drug-likeness (QED) is 0.0875. The van der Waals surface area contributed by atoms with Crippen LogP contribution in [0.25, 0.3) is 0 Å². The van der Waals surface area contributed by atoms with E-state index in [2.05, 4.69) is 0 Å². The van der Waals surface area contributed by atoms with Gasteiger partial charge >= 0.3 is 107 Å². The van der Waals surface area contributed by atoms with Crippen molar-refractivity contribution in [2.45, 2.75) is 108 Å². The van der Waals surface area contributed by atoms with E-state index >= 15 is 4.39 Å². The number of esters is 1. The van der Waals surface area contributed by atoms with Gasteiger partial charge in [0.15, 0.2) is 0 Å². The van der Waals surface area contributed by atoms with Crippen molar-refractivity contribution in [2.24, 2.45) is 0 Å². The van der Waals surface area contributed by atoms with E-state index in [0.29, 0.717) is 0 Å². The largest absolute Gasteiger partial charge is 0.460 e. The van der Waals surface area contributed by atoms with Crippen LogP contribution in [0, 0.1) is 0 Å². The van der Waals surface area contributed by atoms with Gasteiger partial charge in [0.1, 0.15) is 0 Å². The van der Waals surface area contributed by atoms with Gasteiger partial charge in [-0.2, -0.15) is 154 Å². The molecule has 1 unspecified atom stereocenters. The van der Waals surface area contributed by atoms with Gasteiger partial charge in [-0.3, -0.25) is 0 Å². The Kier molecular flexibility index (Phi) is 12.6. The molecule has 58 heavy (non-hydrogen) atoms. The van der Waals surface area contributed by atoms with Crippen LogP contribution in [0.3, 0.4) is 0 Å². The summed E-state index contributed by atoms with van der Waals surface area (Å²) in [4.78, 5) is 11.4. The summed E-state index contributed by atoms with van der Waals surface area (Å²) < 4.78 is 478. The number of alkyl halides is 35. The lowest BCUT2D eigenvalue weighted by atomic mass is 9.82. The minimum Gasteiger partial charge on any atom is -0.413 e. The summed E-state index contributed by atoms with van der Waals surface area (Å²) in [5.74, 6) is -152. The molecule has 0 aromatic rings. The van der Waals surface area contributed by atoms with E-state index in [1.54, 1.807) is 4.74 Å². The molecule has 0 N–H and O–H groups in total. The lowest BCUT2D eigenvalue weighted by Gasteiger charge is -2.48. The fourth-order valence-electron chi connectivity index (χ4n) is 3.27. The zero-order valence-corrected chi connectivity index (χ0v) is 25.3. The van der Waals surface area contributed by atoms with Crippen LogP contribution in [0.15, 0.2) is 12.2 Å². The third-order valence-corrected chi connectivity index (χ3v) is 6.83. The molecule has 0 aliphatic carbocycles. The molecule has 2 nitrogen and oxygen atoms in total. The summed E-state index contributed by atoms with van der Waals surface area (Å²) in [6.07, 6.45) is -16.9. The topological polar surface area (TPSA) is 26.3 Å². The fraction of sp³-hybridized carbons (Fsp3) is 0.857. The van der Waals surface area contributed by atoms with Gasteiger partial charge in [-0.1, -0.05) is 6.58 Å². The number of ether oxygens (including phenoxy) is 1. The molecule has 0 spiro atoms. The smallest absolute Gasteiger partial charge is 0.413 e. The number of rotatable bonds is 16. The molecule has 0 heterocycles. The lowest BCUT2D eigenvalue weighted by molar-refractivity contribution is -0.500. The van der Waals surface area contributed by atoms with Gasteiger partial charge < -0.3 is 4.74 Å². The number of hydrogen-bond donors (Lipinski definition) is 0. The molecular formula is C21H5F35O2. The number of halogens is 35. The Balaban J connectivity index is 8.44. The van der Waals surface area contributed by atoms with E-state index in [0.717, 1.165) is 0 Å². The maximum Gasteiger partial charge on any atom is 0.460 e. The van der Waals surface area contributed by atoms with E-state index in [-0.39, 0.29) is 0 Å². The van der Waals surface area contributed by atoms with Crippen molar-refractivity contribution in [2.75, 3.05) is 0 Å². The first-order chi connectivity index (χ1) is 24.3. The number of hydrogen-bond acceptors (Lipinski definition) is 2. The summed E-state index contributed by atoms with van der Waals surface area (Å²) in [5, 5.41) is 0. The standard InChI is InChI=1S/C21H5F35O2/c1-3(2)4(57)58-19(50,16(44,45)12(36,37)8(28,29)10(32,33)14(40,41)18(48,49)21(54,55)56)15(42,43)11(34,35)7(26,27)5(22,23)6(24,25)9(30,31)13(38,39)17(46,47)20(51,52)53/h1H2,2H3. The van der Waals surface area contributed by atoms with Crippen LogP contribution in [0.5, 0.6) is 0 Å². The minimum atomic E-state index is -10.3. The highest BCUT2D eigenvalue weighted by Gasteiger charge is 3.02. The summed E-state index contributed by atoms with van der Waals surface area (Å²) in [6.45, 7) is 1.42. The Morgan fingerprint density at radius 1 is 0.293 bits per heavy atom. The molecule has 0 fully saturated rings. The highest BCUT2D eigenvalue weighted by atomic mass is 19.4. The van der Waals surface area contributed by atoms with Crippen molar-refractivity contribution in [1.29, 1.82) is 0 Å². The van der Waals surface area contributed by atoms with Crippen molar-refractivity contribution in [3.05, 3.63) is 12.2 Å². The lowest BCUT2D eigenvalue weighted by Crippen LogP contribution is -2.81. The predicted octanol–water partition coefficient (Wildman–Crippen LogP) is 11.8. The molecule has 0 aromatic heterocycles. The van der Waals surface area contributed by atoms with Gasteiger partial charge in [0.05, 0.1) is 0 Å². The van der Waals surface area contributed by atoms with Crippen molar-refractivity contribution in [3.63, 3.8) is 0 Å². The molecule has 346 valence electrons. The Morgan fingerprint density at radius 3 is 0.569 bits per heavy atom. The Bertz CT molecular complexity index is 1560. The zero-order chi connectivity index (χ0) is 48.4. The molecule has 0 amide bonds. The van der Waals surface area contributed by atoms with E-state index in [1.165, 1.54) is 0 Å². The molecule has 37 heteroatoms. The van der Waals surface area contributed by atoms with E-state index in [4.69, 9.17) is 0 Å². The van der Waals surface area contributed by atoms with Gasteiger partial charge in [0, 0.05) is 5.57 Å². The first-order valence-electron chi connectivity index (χ1n) is 12.3. The molecule has 0 aliphatic rings. The third kappa shape index (κ3) is 6.30. The first-order valence-corrected chi connectivity index (χ1v) is 12.3. The van der Waals surface area contributed by atoms with Crippen LogP contribution in [-0.4, -0.2) is 107 Å².